The Labute approximate surface area is 106 Å². The van der Waals surface area contributed by atoms with Crippen molar-refractivity contribution in [3.63, 3.8) is 0 Å². The first kappa shape index (κ1) is 14.0. The number of para-hydroxylation sites is 1. The average molecular weight is 246 g/mol. The van der Waals surface area contributed by atoms with Crippen LogP contribution in [0.2, 0.25) is 0 Å². The number of hydrogen-bond donors (Lipinski definition) is 1. The van der Waals surface area contributed by atoms with E-state index >= 15 is 0 Å². The molecule has 0 saturated carbocycles. The highest BCUT2D eigenvalue weighted by molar-refractivity contribution is 5.31. The molecule has 2 rings (SSSR count). The fraction of sp³-hybridized carbons (Fsp3) is 0.286. The van der Waals surface area contributed by atoms with Gasteiger partial charge < -0.3 is 0 Å². The van der Waals surface area contributed by atoms with Crippen molar-refractivity contribution in [1.82, 2.24) is 9.78 Å². The number of benzene rings is 1. The van der Waals surface area contributed by atoms with Gasteiger partial charge in [-0.25, -0.2) is 4.68 Å². The van der Waals surface area contributed by atoms with Crippen LogP contribution in [0.5, 0.6) is 0 Å². The summed E-state index contributed by atoms with van der Waals surface area (Å²) < 4.78 is 1.27. The highest BCUT2D eigenvalue weighted by atomic mass is 16.2. The van der Waals surface area contributed by atoms with E-state index in [1.807, 2.05) is 32.0 Å². The average Bonchev–Trinajstić information content (AvgIpc) is 2.44. The van der Waals surface area contributed by atoms with Crippen molar-refractivity contribution in [2.24, 2.45) is 0 Å². The van der Waals surface area contributed by atoms with E-state index in [9.17, 15) is 9.59 Å². The molecule has 0 aliphatic carbocycles. The molecule has 0 saturated heterocycles. The summed E-state index contributed by atoms with van der Waals surface area (Å²) in [5.74, 6) is 0. The second-order valence-electron chi connectivity index (χ2n) is 3.67. The van der Waals surface area contributed by atoms with Gasteiger partial charge in [0.1, 0.15) is 0 Å². The molecule has 1 N–H and O–H groups in total. The van der Waals surface area contributed by atoms with Gasteiger partial charge >= 0.3 is 0 Å². The molecule has 96 valence electrons. The Bertz CT molecular complexity index is 624. The van der Waals surface area contributed by atoms with Crippen molar-refractivity contribution in [1.29, 1.82) is 0 Å². The van der Waals surface area contributed by atoms with E-state index in [-0.39, 0.29) is 11.1 Å². The summed E-state index contributed by atoms with van der Waals surface area (Å²) in [6, 6.07) is 9.02. The molecule has 1 heterocycles. The van der Waals surface area contributed by atoms with Crippen LogP contribution in [0.4, 0.5) is 0 Å². The molecule has 1 aromatic carbocycles. The van der Waals surface area contributed by atoms with Gasteiger partial charge in [-0.2, -0.15) is 0 Å². The standard InChI is InChI=1S/C12H12N2O2.C2H6/c1-8-9(2)12(16)14(13-11(8)15)10-6-4-3-5-7-10;1-2/h3-7H,1-2H3,(H,13,15);1-2H3. The number of aromatic nitrogens is 2. The van der Waals surface area contributed by atoms with Crippen LogP contribution in [-0.4, -0.2) is 9.78 Å². The molecule has 0 radical (unpaired) electrons. The molecule has 0 fully saturated rings. The molecule has 1 aromatic heterocycles. The lowest BCUT2D eigenvalue weighted by molar-refractivity contribution is 0.767. The Morgan fingerprint density at radius 1 is 0.944 bits per heavy atom. The fourth-order valence-electron chi connectivity index (χ4n) is 1.49. The van der Waals surface area contributed by atoms with E-state index in [0.29, 0.717) is 16.8 Å². The summed E-state index contributed by atoms with van der Waals surface area (Å²) in [7, 11) is 0. The van der Waals surface area contributed by atoms with Crippen LogP contribution in [0, 0.1) is 13.8 Å². The van der Waals surface area contributed by atoms with E-state index in [1.54, 1.807) is 26.0 Å². The van der Waals surface area contributed by atoms with Crippen molar-refractivity contribution >= 4 is 0 Å². The minimum absolute atomic E-state index is 0.191. The molecule has 0 amide bonds. The molecule has 0 aliphatic rings. The Balaban J connectivity index is 0.000000771. The molecule has 0 atom stereocenters. The van der Waals surface area contributed by atoms with Crippen molar-refractivity contribution in [3.05, 3.63) is 62.2 Å². The van der Waals surface area contributed by atoms with Crippen molar-refractivity contribution in [2.45, 2.75) is 27.7 Å². The fourth-order valence-corrected chi connectivity index (χ4v) is 1.49. The molecule has 18 heavy (non-hydrogen) atoms. The lowest BCUT2D eigenvalue weighted by Crippen LogP contribution is -2.32. The van der Waals surface area contributed by atoms with Crippen molar-refractivity contribution in [2.75, 3.05) is 0 Å². The van der Waals surface area contributed by atoms with Crippen LogP contribution < -0.4 is 11.1 Å². The SMILES string of the molecule is CC.Cc1c(C)c(=O)n(-c2ccccc2)[nH]c1=O. The van der Waals surface area contributed by atoms with Gasteiger partial charge in [0.25, 0.3) is 11.1 Å². The first-order valence-electron chi connectivity index (χ1n) is 5.99. The third-order valence-corrected chi connectivity index (χ3v) is 2.65. The number of H-pyrrole nitrogens is 1. The van der Waals surface area contributed by atoms with Crippen molar-refractivity contribution < 1.29 is 0 Å². The minimum atomic E-state index is -0.235. The molecule has 2 aromatic rings. The number of aromatic amines is 1. The van der Waals surface area contributed by atoms with Crippen LogP contribution in [-0.2, 0) is 0 Å². The predicted octanol–water partition coefficient (Wildman–Crippen LogP) is 2.17. The van der Waals surface area contributed by atoms with E-state index in [0.717, 1.165) is 0 Å². The van der Waals surface area contributed by atoms with Crippen LogP contribution in [0.25, 0.3) is 5.69 Å². The molecule has 0 spiro atoms. The van der Waals surface area contributed by atoms with Crippen LogP contribution in [0.3, 0.4) is 0 Å². The highest BCUT2D eigenvalue weighted by Crippen LogP contribution is 2.02. The Kier molecular flexibility index (Phi) is 4.66. The molecule has 4 nitrogen and oxygen atoms in total. The second kappa shape index (κ2) is 6.00. The molecule has 4 heteroatoms. The number of nitrogens with one attached hydrogen (secondary N) is 1. The maximum Gasteiger partial charge on any atom is 0.273 e. The number of nitrogens with zero attached hydrogens (tertiary/aromatic N) is 1. The topological polar surface area (TPSA) is 54.9 Å². The summed E-state index contributed by atoms with van der Waals surface area (Å²) in [6.45, 7) is 7.30. The monoisotopic (exact) mass is 246 g/mol. The lowest BCUT2D eigenvalue weighted by atomic mass is 10.2. The number of rotatable bonds is 1. The van der Waals surface area contributed by atoms with Gasteiger partial charge in [-0.1, -0.05) is 32.0 Å². The second-order valence-corrected chi connectivity index (χ2v) is 3.67. The molecule has 0 aliphatic heterocycles. The molecular formula is C14H18N2O2. The maximum absolute atomic E-state index is 11.9. The van der Waals surface area contributed by atoms with Crippen LogP contribution in [0.1, 0.15) is 25.0 Å². The minimum Gasteiger partial charge on any atom is -0.268 e. The zero-order valence-electron chi connectivity index (χ0n) is 11.2. The zero-order valence-corrected chi connectivity index (χ0v) is 11.2. The molecular weight excluding hydrogens is 228 g/mol. The smallest absolute Gasteiger partial charge is 0.268 e. The largest absolute Gasteiger partial charge is 0.273 e. The highest BCUT2D eigenvalue weighted by Gasteiger charge is 2.07. The quantitative estimate of drug-likeness (QED) is 0.838. The first-order chi connectivity index (χ1) is 8.61. The van der Waals surface area contributed by atoms with E-state index in [1.165, 1.54) is 4.68 Å². The van der Waals surface area contributed by atoms with Gasteiger partial charge in [-0.3, -0.25) is 14.7 Å². The zero-order chi connectivity index (χ0) is 13.7. The van der Waals surface area contributed by atoms with Gasteiger partial charge in [0.2, 0.25) is 0 Å². The number of hydrogen-bond acceptors (Lipinski definition) is 2. The molecule has 0 bridgehead atoms. The van der Waals surface area contributed by atoms with E-state index in [2.05, 4.69) is 5.10 Å². The van der Waals surface area contributed by atoms with Gasteiger partial charge in [0, 0.05) is 11.1 Å². The summed E-state index contributed by atoms with van der Waals surface area (Å²) >= 11 is 0. The van der Waals surface area contributed by atoms with Gasteiger partial charge in [-0.05, 0) is 26.0 Å². The van der Waals surface area contributed by atoms with Gasteiger partial charge in [0.15, 0.2) is 0 Å². The van der Waals surface area contributed by atoms with Crippen LogP contribution in [0.15, 0.2) is 39.9 Å². The van der Waals surface area contributed by atoms with E-state index in [4.69, 9.17) is 0 Å². The third kappa shape index (κ3) is 2.59. The molecule has 0 unspecified atom stereocenters. The Morgan fingerprint density at radius 3 is 2.06 bits per heavy atom. The maximum atomic E-state index is 11.9. The Hall–Kier alpha value is -2.10. The summed E-state index contributed by atoms with van der Waals surface area (Å²) in [6.07, 6.45) is 0. The normalized spacial score (nSPS) is 9.56. The predicted molar refractivity (Wildman–Crippen MR) is 73.5 cm³/mol. The summed E-state index contributed by atoms with van der Waals surface area (Å²) in [5.41, 5.74) is 1.18. The van der Waals surface area contributed by atoms with Gasteiger partial charge in [-0.15, -0.1) is 0 Å². The first-order valence-corrected chi connectivity index (χ1v) is 5.99. The Morgan fingerprint density at radius 2 is 1.50 bits per heavy atom. The summed E-state index contributed by atoms with van der Waals surface area (Å²) in [4.78, 5) is 23.5. The van der Waals surface area contributed by atoms with Crippen molar-refractivity contribution in [3.8, 4) is 5.69 Å². The van der Waals surface area contributed by atoms with E-state index < -0.39 is 0 Å². The van der Waals surface area contributed by atoms with Gasteiger partial charge in [0.05, 0.1) is 5.69 Å². The third-order valence-electron chi connectivity index (χ3n) is 2.65. The lowest BCUT2D eigenvalue weighted by Gasteiger charge is -2.07. The summed E-state index contributed by atoms with van der Waals surface area (Å²) in [5, 5.41) is 2.55. The van der Waals surface area contributed by atoms with Crippen LogP contribution >= 0.6 is 0 Å².